The maximum atomic E-state index is 12.7. The number of aromatic hydroxyl groups is 1. The fourth-order valence-electron chi connectivity index (χ4n) is 8.84. The lowest BCUT2D eigenvalue weighted by Gasteiger charge is -2.28. The van der Waals surface area contributed by atoms with E-state index in [1.807, 2.05) is 103 Å². The van der Waals surface area contributed by atoms with E-state index in [0.717, 1.165) is 66.8 Å². The van der Waals surface area contributed by atoms with Crippen LogP contribution in [0.2, 0.25) is 0 Å². The van der Waals surface area contributed by atoms with Crippen LogP contribution >= 0.6 is 0 Å². The largest absolute Gasteiger partial charge is 0.507 e. The average Bonchev–Trinajstić information content (AvgIpc) is 3.72. The van der Waals surface area contributed by atoms with Crippen molar-refractivity contribution in [2.75, 3.05) is 0 Å². The SMILES string of the molecule is [2H]C([2H])([2H])c1ccc(-c2ccnc(-c3cc(-c4cccc5c4nc(-c4cc(C(C)(C)C)cc(C(C)(C)C)c4O)n5-c4cc(-c5ccccc5)c(C([2H])([2H])[2H])cc4-c4ccccc4)cc(C(C)(C)C)c3)c2)cc1. The number of phenolic OH excluding ortho intramolecular Hbond substituents is 1. The molecule has 0 aliphatic carbocycles. The van der Waals surface area contributed by atoms with Crippen molar-refractivity contribution in [3.05, 3.63) is 192 Å². The molecule has 9 aromatic rings. The number of imidazole rings is 1. The van der Waals surface area contributed by atoms with E-state index in [2.05, 4.69) is 109 Å². The molecule has 7 aromatic carbocycles. The summed E-state index contributed by atoms with van der Waals surface area (Å²) in [5.41, 5.74) is 13.3. The molecule has 0 bridgehead atoms. The minimum atomic E-state index is -2.45. The van der Waals surface area contributed by atoms with Crippen molar-refractivity contribution in [2.24, 2.45) is 0 Å². The van der Waals surface area contributed by atoms with Crippen LogP contribution in [0.4, 0.5) is 0 Å². The summed E-state index contributed by atoms with van der Waals surface area (Å²) >= 11 is 0. The van der Waals surface area contributed by atoms with Gasteiger partial charge in [-0.05, 0) is 129 Å². The Balaban J connectivity index is 1.38. The van der Waals surface area contributed by atoms with Gasteiger partial charge in [0.25, 0.3) is 0 Å². The van der Waals surface area contributed by atoms with Gasteiger partial charge in [0.15, 0.2) is 0 Å². The third kappa shape index (κ3) is 8.49. The summed E-state index contributed by atoms with van der Waals surface area (Å²) in [6.07, 6.45) is 1.79. The Morgan fingerprint density at radius 2 is 1.14 bits per heavy atom. The minimum absolute atomic E-state index is 0.133. The second kappa shape index (κ2) is 16.7. The number of hydrogen-bond acceptors (Lipinski definition) is 3. The quantitative estimate of drug-likeness (QED) is 0.174. The highest BCUT2D eigenvalue weighted by Gasteiger charge is 2.30. The van der Waals surface area contributed by atoms with Crippen LogP contribution in [-0.2, 0) is 16.2 Å². The van der Waals surface area contributed by atoms with Crippen LogP contribution in [0, 0.1) is 13.7 Å². The van der Waals surface area contributed by atoms with E-state index in [9.17, 15) is 5.11 Å². The topological polar surface area (TPSA) is 50.9 Å². The molecule has 4 nitrogen and oxygen atoms in total. The number of nitrogens with zero attached hydrogens (tertiary/aromatic N) is 3. The van der Waals surface area contributed by atoms with Crippen molar-refractivity contribution in [2.45, 2.75) is 92.3 Å². The van der Waals surface area contributed by atoms with Crippen molar-refractivity contribution in [1.29, 1.82) is 0 Å². The second-order valence-electron chi connectivity index (χ2n) is 20.6. The third-order valence-corrected chi connectivity index (χ3v) is 12.6. The maximum Gasteiger partial charge on any atom is 0.149 e. The summed E-state index contributed by atoms with van der Waals surface area (Å²) in [4.78, 5) is 10.6. The Morgan fingerprint density at radius 1 is 0.485 bits per heavy atom. The Hall–Kier alpha value is -7.04. The normalized spacial score (nSPS) is 14.0. The van der Waals surface area contributed by atoms with Crippen LogP contribution < -0.4 is 0 Å². The fourth-order valence-corrected chi connectivity index (χ4v) is 8.84. The Bertz CT molecular complexity index is 3480. The predicted molar refractivity (Wildman–Crippen MR) is 279 cm³/mol. The smallest absolute Gasteiger partial charge is 0.149 e. The number of benzene rings is 7. The van der Waals surface area contributed by atoms with E-state index < -0.39 is 19.1 Å². The lowest BCUT2D eigenvalue weighted by molar-refractivity contribution is 0.446. The van der Waals surface area contributed by atoms with Gasteiger partial charge in [-0.15, -0.1) is 0 Å². The number of fused-ring (bicyclic) bond motifs is 1. The van der Waals surface area contributed by atoms with E-state index in [4.69, 9.17) is 18.2 Å². The summed E-state index contributed by atoms with van der Waals surface area (Å²) in [5, 5.41) is 12.7. The van der Waals surface area contributed by atoms with Crippen LogP contribution in [0.3, 0.4) is 0 Å². The summed E-state index contributed by atoms with van der Waals surface area (Å²) in [5.74, 6) is 0.642. The van der Waals surface area contributed by atoms with E-state index >= 15 is 0 Å². The average molecular weight is 870 g/mol. The molecule has 0 fully saturated rings. The number of para-hydroxylation sites is 1. The van der Waals surface area contributed by atoms with Crippen molar-refractivity contribution >= 4 is 11.0 Å². The minimum Gasteiger partial charge on any atom is -0.507 e. The van der Waals surface area contributed by atoms with Crippen LogP contribution in [0.1, 0.15) is 98.4 Å². The molecular weight excluding hydrogens is 803 g/mol. The maximum absolute atomic E-state index is 12.7. The van der Waals surface area contributed by atoms with Gasteiger partial charge in [0.2, 0.25) is 0 Å². The molecule has 66 heavy (non-hydrogen) atoms. The lowest BCUT2D eigenvalue weighted by atomic mass is 9.79. The molecular formula is C62H61N3O. The van der Waals surface area contributed by atoms with Crippen molar-refractivity contribution in [3.63, 3.8) is 0 Å². The highest BCUT2D eigenvalue weighted by molar-refractivity contribution is 5.98. The first-order valence-electron chi connectivity index (χ1n) is 25.7. The van der Waals surface area contributed by atoms with Crippen LogP contribution in [0.15, 0.2) is 164 Å². The zero-order chi connectivity index (χ0) is 51.7. The van der Waals surface area contributed by atoms with Gasteiger partial charge in [-0.1, -0.05) is 177 Å². The molecule has 0 atom stereocenters. The monoisotopic (exact) mass is 870 g/mol. The van der Waals surface area contributed by atoms with E-state index in [-0.39, 0.29) is 27.7 Å². The third-order valence-electron chi connectivity index (χ3n) is 12.6. The number of aromatic nitrogens is 3. The number of aryl methyl sites for hydroxylation is 2. The van der Waals surface area contributed by atoms with Gasteiger partial charge < -0.3 is 5.11 Å². The van der Waals surface area contributed by atoms with Gasteiger partial charge >= 0.3 is 0 Å². The molecule has 0 aliphatic rings. The molecule has 2 aromatic heterocycles. The molecule has 0 saturated heterocycles. The predicted octanol–water partition coefficient (Wildman–Crippen LogP) is 16.6. The first-order chi connectivity index (χ1) is 33.8. The van der Waals surface area contributed by atoms with Crippen molar-refractivity contribution in [3.8, 4) is 78.6 Å². The number of rotatable bonds is 7. The Labute approximate surface area is 400 Å². The highest BCUT2D eigenvalue weighted by Crippen LogP contribution is 2.47. The fraction of sp³-hybridized carbons (Fsp3) is 0.226. The second-order valence-corrected chi connectivity index (χ2v) is 20.6. The summed E-state index contributed by atoms with van der Waals surface area (Å²) in [6.45, 7) is 14.7. The molecule has 0 radical (unpaired) electrons. The zero-order valence-corrected chi connectivity index (χ0v) is 39.4. The number of pyridine rings is 1. The molecule has 330 valence electrons. The standard InChI is InChI=1S/C62H61N3O/c1-39-25-27-41(28-26-39)44-29-30-63-54(35-44)46-32-45(33-47(34-46)60(3,4)5)49-23-18-24-55-57(49)64-59(52-36-48(61(6,7)8)37-53(58(52)66)62(9,10)11)65(55)56-38-50(42-19-14-12-15-20-42)40(2)31-51(56)43-21-16-13-17-22-43/h12-38,66H,1-11H3/i1D3,2D3. The first kappa shape index (κ1) is 37.2. The van der Waals surface area contributed by atoms with Gasteiger partial charge in [-0.25, -0.2) is 4.98 Å². The van der Waals surface area contributed by atoms with Crippen molar-refractivity contribution in [1.82, 2.24) is 14.5 Å². The first-order valence-corrected chi connectivity index (χ1v) is 22.7. The van der Waals surface area contributed by atoms with Crippen LogP contribution in [0.5, 0.6) is 5.75 Å². The summed E-state index contributed by atoms with van der Waals surface area (Å²) < 4.78 is 52.4. The Kier molecular flexibility index (Phi) is 9.44. The molecule has 1 N–H and O–H groups in total. The van der Waals surface area contributed by atoms with E-state index in [0.29, 0.717) is 33.7 Å². The highest BCUT2D eigenvalue weighted by atomic mass is 16.3. The van der Waals surface area contributed by atoms with Crippen LogP contribution in [-0.4, -0.2) is 19.6 Å². The van der Waals surface area contributed by atoms with E-state index in [1.165, 1.54) is 0 Å². The molecule has 0 saturated carbocycles. The van der Waals surface area contributed by atoms with Crippen molar-refractivity contribution < 1.29 is 13.3 Å². The molecule has 9 rings (SSSR count). The van der Waals surface area contributed by atoms with Gasteiger partial charge in [0, 0.05) is 36.7 Å². The van der Waals surface area contributed by atoms with Crippen LogP contribution in [0.25, 0.3) is 83.9 Å². The number of phenols is 1. The zero-order valence-electron chi connectivity index (χ0n) is 45.4. The summed E-state index contributed by atoms with van der Waals surface area (Å²) in [7, 11) is 0. The molecule has 0 amide bonds. The lowest BCUT2D eigenvalue weighted by Crippen LogP contribution is -2.17. The van der Waals surface area contributed by atoms with E-state index in [1.54, 1.807) is 18.3 Å². The van der Waals surface area contributed by atoms with Gasteiger partial charge in [-0.3, -0.25) is 9.55 Å². The molecule has 0 spiro atoms. The van der Waals surface area contributed by atoms with Gasteiger partial charge in [0.05, 0.1) is 28.0 Å². The molecule has 0 unspecified atom stereocenters. The molecule has 0 aliphatic heterocycles. The van der Waals surface area contributed by atoms with Gasteiger partial charge in [-0.2, -0.15) is 0 Å². The number of hydrogen-bond donors (Lipinski definition) is 1. The molecule has 2 heterocycles. The summed E-state index contributed by atoms with van der Waals surface area (Å²) in [6, 6.07) is 51.2. The molecule has 4 heteroatoms. The van der Waals surface area contributed by atoms with Gasteiger partial charge in [0.1, 0.15) is 11.6 Å². The Morgan fingerprint density at radius 3 is 1.77 bits per heavy atom.